The summed E-state index contributed by atoms with van der Waals surface area (Å²) in [7, 11) is 0. The molecule has 0 aliphatic carbocycles. The second-order valence-corrected chi connectivity index (χ2v) is 10.5. The largest absolute Gasteiger partial charge is 0.0654 e. The number of hydrogen-bond donors (Lipinski definition) is 0. The summed E-state index contributed by atoms with van der Waals surface area (Å²) >= 11 is 0. The molecule has 0 heterocycles. The summed E-state index contributed by atoms with van der Waals surface area (Å²) in [4.78, 5) is 0. The van der Waals surface area contributed by atoms with Crippen LogP contribution < -0.4 is 0 Å². The smallest absolute Gasteiger partial charge is 0.0114 e. The molecule has 0 aliphatic rings. The van der Waals surface area contributed by atoms with E-state index in [9.17, 15) is 0 Å². The minimum atomic E-state index is 1.15. The molecule has 0 spiro atoms. The van der Waals surface area contributed by atoms with E-state index in [-0.39, 0.29) is 0 Å². The van der Waals surface area contributed by atoms with Crippen LogP contribution in [0, 0.1) is 20.8 Å². The topological polar surface area (TPSA) is 0 Å². The van der Waals surface area contributed by atoms with Gasteiger partial charge in [0.05, 0.1) is 0 Å². The van der Waals surface area contributed by atoms with Crippen LogP contribution in [-0.2, 0) is 19.3 Å². The third-order valence-electron chi connectivity index (χ3n) is 7.88. The lowest BCUT2D eigenvalue weighted by molar-refractivity contribution is 0.667. The van der Waals surface area contributed by atoms with E-state index < -0.39 is 0 Å². The van der Waals surface area contributed by atoms with Crippen molar-refractivity contribution in [2.45, 2.75) is 112 Å². The van der Waals surface area contributed by atoms with Gasteiger partial charge in [-0.1, -0.05) is 101 Å². The molecule has 0 N–H and O–H groups in total. The zero-order chi connectivity index (χ0) is 25.2. The van der Waals surface area contributed by atoms with Crippen LogP contribution in [0.25, 0.3) is 22.3 Å². The van der Waals surface area contributed by atoms with E-state index in [1.165, 1.54) is 114 Å². The normalized spacial score (nSPS) is 11.3. The van der Waals surface area contributed by atoms with E-state index in [0.29, 0.717) is 0 Å². The van der Waals surface area contributed by atoms with Gasteiger partial charge >= 0.3 is 0 Å². The fraction of sp³-hybridized carbons (Fsp3) is 0.486. The van der Waals surface area contributed by atoms with Gasteiger partial charge in [-0.2, -0.15) is 0 Å². The first-order valence-corrected chi connectivity index (χ1v) is 14.3. The van der Waals surface area contributed by atoms with Crippen molar-refractivity contribution in [3.63, 3.8) is 0 Å². The maximum absolute atomic E-state index is 2.38. The Bertz CT molecular complexity index is 972. The van der Waals surface area contributed by atoms with Crippen LogP contribution in [0.1, 0.15) is 106 Å². The molecule has 0 amide bonds. The second-order valence-electron chi connectivity index (χ2n) is 10.5. The number of benzene rings is 3. The number of unbranched alkanes of at least 4 members (excludes halogenated alkanes) is 5. The van der Waals surface area contributed by atoms with Gasteiger partial charge in [0, 0.05) is 0 Å². The monoisotopic (exact) mass is 468 g/mol. The summed E-state index contributed by atoms with van der Waals surface area (Å²) in [6.07, 6.45) is 13.7. The number of rotatable bonds is 13. The highest BCUT2D eigenvalue weighted by molar-refractivity contribution is 5.84. The molecule has 0 saturated heterocycles. The summed E-state index contributed by atoms with van der Waals surface area (Å²) in [6.45, 7) is 13.9. The van der Waals surface area contributed by atoms with Crippen LogP contribution in [0.5, 0.6) is 0 Å². The first-order chi connectivity index (χ1) is 17.0. The van der Waals surface area contributed by atoms with Crippen LogP contribution in [0.2, 0.25) is 0 Å². The van der Waals surface area contributed by atoms with Crippen LogP contribution in [0.4, 0.5) is 0 Å². The second kappa shape index (κ2) is 13.7. The number of aryl methyl sites for hydroxylation is 2. The zero-order valence-electron chi connectivity index (χ0n) is 23.4. The standard InChI is InChI=1S/C35H48/c1-7-10-13-14-17-33-34(31-22-18-29(19-23-31)15-11-8-2)27(5)26(4)28(6)35(33)32-24-20-30(21-25-32)16-12-9-3/h18-25H,7-17H2,1-6H3. The van der Waals surface area contributed by atoms with Crippen molar-refractivity contribution in [3.05, 3.63) is 81.9 Å². The number of hydrogen-bond acceptors (Lipinski definition) is 0. The Kier molecular flexibility index (Phi) is 10.6. The van der Waals surface area contributed by atoms with E-state index in [0.717, 1.165) is 6.42 Å². The minimum absolute atomic E-state index is 1.15. The maximum Gasteiger partial charge on any atom is -0.0114 e. The highest BCUT2D eigenvalue weighted by Crippen LogP contribution is 2.41. The molecular formula is C35H48. The summed E-state index contributed by atoms with van der Waals surface area (Å²) < 4.78 is 0. The van der Waals surface area contributed by atoms with Crippen molar-refractivity contribution in [2.24, 2.45) is 0 Å². The van der Waals surface area contributed by atoms with Crippen molar-refractivity contribution in [2.75, 3.05) is 0 Å². The Hall–Kier alpha value is -2.34. The molecule has 0 atom stereocenters. The first-order valence-electron chi connectivity index (χ1n) is 14.3. The van der Waals surface area contributed by atoms with E-state index in [4.69, 9.17) is 0 Å². The molecule has 3 aromatic rings. The molecule has 0 aliphatic heterocycles. The molecule has 0 aromatic heterocycles. The zero-order valence-corrected chi connectivity index (χ0v) is 23.4. The summed E-state index contributed by atoms with van der Waals surface area (Å²) in [6, 6.07) is 19.0. The molecule has 188 valence electrons. The SMILES string of the molecule is CCCCCCc1c(-c2ccc(CCCC)cc2)c(C)c(C)c(C)c1-c1ccc(CCCC)cc1. The molecule has 0 saturated carbocycles. The summed E-state index contributed by atoms with van der Waals surface area (Å²) in [5, 5.41) is 0. The Morgan fingerprint density at radius 3 is 1.26 bits per heavy atom. The molecule has 0 heteroatoms. The first kappa shape index (κ1) is 27.3. The predicted octanol–water partition coefficient (Wildman–Crippen LogP) is 10.8. The van der Waals surface area contributed by atoms with Gasteiger partial charge in [-0.05, 0) is 115 Å². The predicted molar refractivity (Wildman–Crippen MR) is 157 cm³/mol. The lowest BCUT2D eigenvalue weighted by atomic mass is 9.80. The lowest BCUT2D eigenvalue weighted by Gasteiger charge is -2.24. The molecule has 35 heavy (non-hydrogen) atoms. The van der Waals surface area contributed by atoms with Gasteiger partial charge in [-0.3, -0.25) is 0 Å². The van der Waals surface area contributed by atoms with Crippen LogP contribution in [0.15, 0.2) is 48.5 Å². The van der Waals surface area contributed by atoms with Crippen molar-refractivity contribution in [3.8, 4) is 22.3 Å². The van der Waals surface area contributed by atoms with Gasteiger partial charge in [0.1, 0.15) is 0 Å². The summed E-state index contributed by atoms with van der Waals surface area (Å²) in [5.74, 6) is 0. The van der Waals surface area contributed by atoms with Gasteiger partial charge < -0.3 is 0 Å². The van der Waals surface area contributed by atoms with E-state index in [2.05, 4.69) is 90.1 Å². The highest BCUT2D eigenvalue weighted by atomic mass is 14.2. The fourth-order valence-electron chi connectivity index (χ4n) is 5.43. The Morgan fingerprint density at radius 2 is 0.857 bits per heavy atom. The average Bonchev–Trinajstić information content (AvgIpc) is 2.88. The minimum Gasteiger partial charge on any atom is -0.0654 e. The van der Waals surface area contributed by atoms with Crippen molar-refractivity contribution in [1.82, 2.24) is 0 Å². The van der Waals surface area contributed by atoms with Crippen molar-refractivity contribution < 1.29 is 0 Å². The lowest BCUT2D eigenvalue weighted by Crippen LogP contribution is -2.04. The van der Waals surface area contributed by atoms with Crippen molar-refractivity contribution in [1.29, 1.82) is 0 Å². The molecule has 0 bridgehead atoms. The average molecular weight is 469 g/mol. The Labute approximate surface area is 216 Å². The van der Waals surface area contributed by atoms with Crippen LogP contribution in [-0.4, -0.2) is 0 Å². The molecule has 3 aromatic carbocycles. The Balaban J connectivity index is 2.12. The molecule has 0 fully saturated rings. The molecule has 3 rings (SSSR count). The van der Waals surface area contributed by atoms with Crippen LogP contribution >= 0.6 is 0 Å². The Morgan fingerprint density at radius 1 is 0.429 bits per heavy atom. The molecule has 0 radical (unpaired) electrons. The third-order valence-corrected chi connectivity index (χ3v) is 7.88. The van der Waals surface area contributed by atoms with E-state index >= 15 is 0 Å². The van der Waals surface area contributed by atoms with Gasteiger partial charge in [-0.15, -0.1) is 0 Å². The molecule has 0 nitrogen and oxygen atoms in total. The third kappa shape index (κ3) is 6.87. The van der Waals surface area contributed by atoms with Gasteiger partial charge in [-0.25, -0.2) is 0 Å². The van der Waals surface area contributed by atoms with E-state index in [1.54, 1.807) is 5.56 Å². The quantitative estimate of drug-likeness (QED) is 0.219. The maximum atomic E-state index is 2.38. The van der Waals surface area contributed by atoms with E-state index in [1.807, 2.05) is 0 Å². The van der Waals surface area contributed by atoms with Gasteiger partial charge in [0.2, 0.25) is 0 Å². The van der Waals surface area contributed by atoms with Crippen molar-refractivity contribution >= 4 is 0 Å². The summed E-state index contributed by atoms with van der Waals surface area (Å²) in [5.41, 5.74) is 14.6. The highest BCUT2D eigenvalue weighted by Gasteiger charge is 2.20. The molecule has 0 unspecified atom stereocenters. The van der Waals surface area contributed by atoms with Gasteiger partial charge in [0.15, 0.2) is 0 Å². The van der Waals surface area contributed by atoms with Gasteiger partial charge in [0.25, 0.3) is 0 Å². The van der Waals surface area contributed by atoms with Crippen LogP contribution in [0.3, 0.4) is 0 Å². The molecular weight excluding hydrogens is 420 g/mol. The fourth-order valence-corrected chi connectivity index (χ4v) is 5.43.